The van der Waals surface area contributed by atoms with E-state index in [2.05, 4.69) is 25.9 Å². The minimum atomic E-state index is -5.08. The van der Waals surface area contributed by atoms with Gasteiger partial charge in [-0.05, 0) is 43.5 Å². The maximum atomic E-state index is 12.7. The van der Waals surface area contributed by atoms with Crippen molar-refractivity contribution in [2.75, 3.05) is 37.3 Å². The molecule has 1 aliphatic carbocycles. The molecule has 0 radical (unpaired) electrons. The van der Waals surface area contributed by atoms with Gasteiger partial charge >= 0.3 is 12.1 Å². The van der Waals surface area contributed by atoms with Crippen molar-refractivity contribution in [3.8, 4) is 5.75 Å². The number of hydrogen-bond donors (Lipinski definition) is 4. The van der Waals surface area contributed by atoms with Gasteiger partial charge in [-0.2, -0.15) is 13.2 Å². The third-order valence-corrected chi connectivity index (χ3v) is 7.89. The van der Waals surface area contributed by atoms with E-state index < -0.39 is 12.1 Å². The average Bonchev–Trinajstić information content (AvgIpc) is 3.45. The molecular formula is C29H34ClF3N6O5. The first-order valence-electron chi connectivity index (χ1n) is 14.3. The van der Waals surface area contributed by atoms with Gasteiger partial charge in [-0.15, -0.1) is 0 Å². The number of carboxylic acids is 1. The van der Waals surface area contributed by atoms with Crippen molar-refractivity contribution < 1.29 is 37.4 Å². The third-order valence-electron chi connectivity index (χ3n) is 7.60. The number of carbonyl (C=O) groups is 3. The molecule has 1 saturated carbocycles. The van der Waals surface area contributed by atoms with Crippen molar-refractivity contribution in [2.24, 2.45) is 5.92 Å². The van der Waals surface area contributed by atoms with Crippen LogP contribution in [0.25, 0.3) is 6.08 Å². The topological polar surface area (TPSA) is 146 Å². The number of ether oxygens (including phenoxy) is 1. The van der Waals surface area contributed by atoms with E-state index in [1.165, 1.54) is 19.2 Å². The molecule has 4 N–H and O–H groups in total. The van der Waals surface area contributed by atoms with E-state index in [-0.39, 0.29) is 17.9 Å². The Labute approximate surface area is 257 Å². The van der Waals surface area contributed by atoms with Gasteiger partial charge in [0.25, 0.3) is 0 Å². The Morgan fingerprint density at radius 2 is 1.80 bits per heavy atom. The minimum Gasteiger partial charge on any atom is -0.489 e. The molecule has 2 aliphatic heterocycles. The van der Waals surface area contributed by atoms with Gasteiger partial charge in [-0.1, -0.05) is 24.4 Å². The first-order valence-corrected chi connectivity index (χ1v) is 14.7. The fourth-order valence-electron chi connectivity index (χ4n) is 5.29. The highest BCUT2D eigenvalue weighted by molar-refractivity contribution is 6.32. The first-order chi connectivity index (χ1) is 21.0. The summed E-state index contributed by atoms with van der Waals surface area (Å²) in [6.07, 6.45) is 4.84. The number of aromatic nitrogens is 2. The number of halogens is 4. The lowest BCUT2D eigenvalue weighted by atomic mass is 10.0. The fourth-order valence-corrected chi connectivity index (χ4v) is 5.51. The zero-order valence-electron chi connectivity index (χ0n) is 24.0. The number of likely N-dealkylation sites (tertiary alicyclic amines) is 1. The number of hydrogen-bond acceptors (Lipinski definition) is 8. The number of nitrogens with one attached hydrogen (secondary N) is 3. The van der Waals surface area contributed by atoms with Crippen LogP contribution in [0.15, 0.2) is 30.1 Å². The van der Waals surface area contributed by atoms with Crippen LogP contribution in [0.4, 0.5) is 30.5 Å². The SMILES string of the molecule is CNC(=O)C1=Cc2c(ncnc2Nc2ccc(OC3CCN(C(=O)C4CCCC4)CC3)c(Cl)c2)NCC1.O=C(O)C(F)(F)F. The van der Waals surface area contributed by atoms with Crippen molar-refractivity contribution in [1.82, 2.24) is 20.2 Å². The van der Waals surface area contributed by atoms with Crippen LogP contribution in [0.1, 0.15) is 50.5 Å². The highest BCUT2D eigenvalue weighted by atomic mass is 35.5. The summed E-state index contributed by atoms with van der Waals surface area (Å²) in [5, 5.41) is 16.9. The van der Waals surface area contributed by atoms with Crippen LogP contribution in [-0.4, -0.2) is 76.7 Å². The Hall–Kier alpha value is -4.07. The van der Waals surface area contributed by atoms with Crippen molar-refractivity contribution in [1.29, 1.82) is 0 Å². The van der Waals surface area contributed by atoms with E-state index in [0.717, 1.165) is 44.5 Å². The lowest BCUT2D eigenvalue weighted by Gasteiger charge is -2.33. The molecule has 1 saturated heterocycles. The van der Waals surface area contributed by atoms with Crippen LogP contribution in [0.3, 0.4) is 0 Å². The molecule has 3 heterocycles. The summed E-state index contributed by atoms with van der Waals surface area (Å²) in [7, 11) is 1.62. The predicted molar refractivity (Wildman–Crippen MR) is 158 cm³/mol. The molecule has 44 heavy (non-hydrogen) atoms. The molecule has 238 valence electrons. The third kappa shape index (κ3) is 8.52. The number of carboxylic acid groups (broad SMARTS) is 1. The van der Waals surface area contributed by atoms with Crippen LogP contribution in [-0.2, 0) is 14.4 Å². The van der Waals surface area contributed by atoms with Crippen molar-refractivity contribution >= 4 is 52.8 Å². The van der Waals surface area contributed by atoms with Crippen LogP contribution in [0.5, 0.6) is 5.75 Å². The van der Waals surface area contributed by atoms with E-state index >= 15 is 0 Å². The molecule has 11 nitrogen and oxygen atoms in total. The molecule has 0 unspecified atom stereocenters. The van der Waals surface area contributed by atoms with E-state index in [1.54, 1.807) is 13.1 Å². The molecule has 0 atom stereocenters. The summed E-state index contributed by atoms with van der Waals surface area (Å²) in [6, 6.07) is 5.55. The largest absolute Gasteiger partial charge is 0.490 e. The second-order valence-corrected chi connectivity index (χ2v) is 11.0. The number of rotatable bonds is 6. The van der Waals surface area contributed by atoms with Gasteiger partial charge in [0.05, 0.1) is 10.6 Å². The van der Waals surface area contributed by atoms with Gasteiger partial charge in [0.2, 0.25) is 11.8 Å². The maximum Gasteiger partial charge on any atom is 0.490 e. The monoisotopic (exact) mass is 638 g/mol. The van der Waals surface area contributed by atoms with Crippen molar-refractivity contribution in [3.05, 3.63) is 40.7 Å². The van der Waals surface area contributed by atoms with Gasteiger partial charge in [-0.3, -0.25) is 9.59 Å². The normalized spacial score (nSPS) is 17.2. The van der Waals surface area contributed by atoms with Crippen LogP contribution < -0.4 is 20.7 Å². The van der Waals surface area contributed by atoms with Crippen LogP contribution in [0.2, 0.25) is 5.02 Å². The van der Waals surface area contributed by atoms with E-state index in [0.29, 0.717) is 52.4 Å². The summed E-state index contributed by atoms with van der Waals surface area (Å²) >= 11 is 6.59. The van der Waals surface area contributed by atoms with Crippen molar-refractivity contribution in [2.45, 2.75) is 57.2 Å². The predicted octanol–water partition coefficient (Wildman–Crippen LogP) is 5.01. The number of amides is 2. The molecule has 3 aliphatic rings. The molecule has 1 aromatic heterocycles. The molecule has 2 fully saturated rings. The zero-order chi connectivity index (χ0) is 31.9. The number of benzene rings is 1. The first kappa shape index (κ1) is 32.8. The zero-order valence-corrected chi connectivity index (χ0v) is 24.8. The number of piperidine rings is 1. The van der Waals surface area contributed by atoms with Gasteiger partial charge in [0, 0.05) is 56.7 Å². The van der Waals surface area contributed by atoms with E-state index in [9.17, 15) is 22.8 Å². The van der Waals surface area contributed by atoms with Gasteiger partial charge in [0.15, 0.2) is 0 Å². The number of aliphatic carboxylic acids is 1. The molecule has 0 spiro atoms. The second kappa shape index (κ2) is 14.6. The Balaban J connectivity index is 0.000000566. The van der Waals surface area contributed by atoms with E-state index in [1.807, 2.05) is 23.1 Å². The molecule has 2 amide bonds. The number of likely N-dealkylation sites (N-methyl/N-ethyl adjacent to an activating group) is 1. The number of anilines is 3. The number of fused-ring (bicyclic) bond motifs is 1. The van der Waals surface area contributed by atoms with Gasteiger partial charge in [0.1, 0.15) is 29.8 Å². The number of nitrogens with zero attached hydrogens (tertiary/aromatic N) is 3. The fraction of sp³-hybridized carbons (Fsp3) is 0.483. The van der Waals surface area contributed by atoms with Crippen LogP contribution >= 0.6 is 11.6 Å². The quantitative estimate of drug-likeness (QED) is 0.343. The highest BCUT2D eigenvalue weighted by Gasteiger charge is 2.38. The highest BCUT2D eigenvalue weighted by Crippen LogP contribution is 2.34. The Morgan fingerprint density at radius 3 is 2.41 bits per heavy atom. The lowest BCUT2D eigenvalue weighted by molar-refractivity contribution is -0.192. The molecular weight excluding hydrogens is 605 g/mol. The lowest BCUT2D eigenvalue weighted by Crippen LogP contribution is -2.44. The minimum absolute atomic E-state index is 0.0286. The summed E-state index contributed by atoms with van der Waals surface area (Å²) in [5.41, 5.74) is 2.12. The summed E-state index contributed by atoms with van der Waals surface area (Å²) in [6.45, 7) is 2.07. The smallest absolute Gasteiger partial charge is 0.489 e. The summed E-state index contributed by atoms with van der Waals surface area (Å²) in [5.74, 6) is -0.476. The number of carbonyl (C=O) groups excluding carboxylic acids is 2. The summed E-state index contributed by atoms with van der Waals surface area (Å²) < 4.78 is 38.0. The van der Waals surface area contributed by atoms with Gasteiger partial charge in [-0.25, -0.2) is 14.8 Å². The number of alkyl halides is 3. The molecule has 2 aromatic rings. The van der Waals surface area contributed by atoms with Crippen LogP contribution in [0, 0.1) is 5.92 Å². The summed E-state index contributed by atoms with van der Waals surface area (Å²) in [4.78, 5) is 44.6. The Morgan fingerprint density at radius 1 is 1.11 bits per heavy atom. The van der Waals surface area contributed by atoms with Crippen molar-refractivity contribution in [3.63, 3.8) is 0 Å². The van der Waals surface area contributed by atoms with Gasteiger partial charge < -0.3 is 30.7 Å². The standard InChI is InChI=1S/C27H33ClN6O3.C2HF3O2/c1-29-26(35)18-8-11-30-24-21(14-18)25(32-16-31-24)33-19-6-7-23(22(28)15-19)37-20-9-12-34(13-10-20)27(36)17-4-2-3-5-17;3-2(4,5)1(6)7/h6-7,14-17,20H,2-5,8-13H2,1H3,(H,29,35)(H2,30,31,32,33);(H,6,7). The molecule has 1 aromatic carbocycles. The average molecular weight is 639 g/mol. The molecule has 0 bridgehead atoms. The second-order valence-electron chi connectivity index (χ2n) is 10.6. The Kier molecular flexibility index (Phi) is 10.9. The molecule has 5 rings (SSSR count). The van der Waals surface area contributed by atoms with E-state index in [4.69, 9.17) is 26.2 Å². The molecule has 15 heteroatoms. The maximum absolute atomic E-state index is 12.7. The Bertz CT molecular complexity index is 1390.